The average Bonchev–Trinajstić information content (AvgIpc) is 3.67. The van der Waals surface area contributed by atoms with Crippen LogP contribution in [-0.2, 0) is 9.59 Å². The predicted octanol–water partition coefficient (Wildman–Crippen LogP) is 4.14. The lowest BCUT2D eigenvalue weighted by Gasteiger charge is -2.38. The Labute approximate surface area is 208 Å². The van der Waals surface area contributed by atoms with Crippen molar-refractivity contribution in [2.75, 3.05) is 0 Å². The van der Waals surface area contributed by atoms with Crippen molar-refractivity contribution in [2.45, 2.75) is 63.6 Å². The Kier molecular flexibility index (Phi) is 6.07. The van der Waals surface area contributed by atoms with Crippen molar-refractivity contribution in [1.29, 1.82) is 5.26 Å². The van der Waals surface area contributed by atoms with Crippen LogP contribution in [0, 0.1) is 52.2 Å². The lowest BCUT2D eigenvalue weighted by Crippen LogP contribution is -2.42. The smallest absolute Gasteiger partial charge is 0.224 e. The van der Waals surface area contributed by atoms with Crippen LogP contribution >= 0.6 is 23.2 Å². The minimum Gasteiger partial charge on any atom is -0.391 e. The number of nitriles is 1. The second kappa shape index (κ2) is 8.65. The number of rotatable bonds is 6. The van der Waals surface area contributed by atoms with Crippen LogP contribution in [0.1, 0.15) is 57.1 Å². The fraction of sp³-hybridized carbons (Fsp3) is 0.640. The van der Waals surface area contributed by atoms with Gasteiger partial charge in [-0.2, -0.15) is 5.26 Å². The van der Waals surface area contributed by atoms with Crippen LogP contribution in [0.15, 0.2) is 12.1 Å². The SMILES string of the molecule is C[C@]1([C@H](NC(=O)[C@@H]2C[C@@H](O)[C@@H](NC(=O)[C@H]3C[C@H]3C#N)C2)c2c(F)ccc(Cl)c2Cl)C[C@H]2C[C@H]2C1. The Balaban J connectivity index is 1.32. The van der Waals surface area contributed by atoms with E-state index in [4.69, 9.17) is 28.5 Å². The summed E-state index contributed by atoms with van der Waals surface area (Å²) in [7, 11) is 0. The first-order valence-corrected chi connectivity index (χ1v) is 12.7. The third-order valence-electron chi connectivity index (χ3n) is 8.40. The first kappa shape index (κ1) is 23.8. The summed E-state index contributed by atoms with van der Waals surface area (Å²) in [5.74, 6) is -0.996. The van der Waals surface area contributed by atoms with Gasteiger partial charge in [0.1, 0.15) is 5.82 Å². The molecule has 0 spiro atoms. The van der Waals surface area contributed by atoms with Crippen molar-refractivity contribution in [1.82, 2.24) is 10.6 Å². The number of aliphatic hydroxyl groups is 1. The molecule has 4 fully saturated rings. The fourth-order valence-electron chi connectivity index (χ4n) is 6.29. The molecule has 4 aliphatic rings. The van der Waals surface area contributed by atoms with E-state index in [0.29, 0.717) is 18.3 Å². The third-order valence-corrected chi connectivity index (χ3v) is 9.22. The molecule has 1 aromatic carbocycles. The molecule has 4 saturated carbocycles. The zero-order chi connectivity index (χ0) is 24.4. The van der Waals surface area contributed by atoms with Crippen LogP contribution in [0.3, 0.4) is 0 Å². The predicted molar refractivity (Wildman–Crippen MR) is 124 cm³/mol. The minimum absolute atomic E-state index is 0.113. The number of hydrogen-bond donors (Lipinski definition) is 3. The number of nitrogens with one attached hydrogen (secondary N) is 2. The van der Waals surface area contributed by atoms with E-state index < -0.39 is 29.9 Å². The molecule has 6 nitrogen and oxygen atoms in total. The fourth-order valence-corrected chi connectivity index (χ4v) is 6.72. The summed E-state index contributed by atoms with van der Waals surface area (Å²) < 4.78 is 15.0. The maximum atomic E-state index is 15.0. The molecular formula is C25H28Cl2FN3O3. The van der Waals surface area contributed by atoms with Crippen molar-refractivity contribution in [3.63, 3.8) is 0 Å². The molecule has 0 bridgehead atoms. The molecule has 1 aromatic rings. The van der Waals surface area contributed by atoms with Crippen LogP contribution in [-0.4, -0.2) is 29.1 Å². The Hall–Kier alpha value is -1.88. The van der Waals surface area contributed by atoms with Crippen molar-refractivity contribution >= 4 is 35.0 Å². The molecular weight excluding hydrogens is 480 g/mol. The monoisotopic (exact) mass is 507 g/mol. The quantitative estimate of drug-likeness (QED) is 0.503. The number of hydrogen-bond acceptors (Lipinski definition) is 4. The number of benzene rings is 1. The number of amides is 2. The summed E-state index contributed by atoms with van der Waals surface area (Å²) >= 11 is 12.7. The highest BCUT2D eigenvalue weighted by Crippen LogP contribution is 2.64. The van der Waals surface area contributed by atoms with E-state index in [9.17, 15) is 14.7 Å². The van der Waals surface area contributed by atoms with Gasteiger partial charge in [-0.3, -0.25) is 9.59 Å². The van der Waals surface area contributed by atoms with Gasteiger partial charge in [0.15, 0.2) is 0 Å². The van der Waals surface area contributed by atoms with E-state index in [2.05, 4.69) is 23.6 Å². The van der Waals surface area contributed by atoms with E-state index in [1.807, 2.05) is 0 Å². The minimum atomic E-state index is -0.862. The number of aliphatic hydroxyl groups excluding tert-OH is 1. The topological polar surface area (TPSA) is 102 Å². The van der Waals surface area contributed by atoms with Gasteiger partial charge >= 0.3 is 0 Å². The number of halogens is 3. The van der Waals surface area contributed by atoms with Crippen LogP contribution in [0.4, 0.5) is 4.39 Å². The van der Waals surface area contributed by atoms with Gasteiger partial charge in [-0.25, -0.2) is 4.39 Å². The lowest BCUT2D eigenvalue weighted by atomic mass is 9.74. The highest BCUT2D eigenvalue weighted by Gasteiger charge is 2.56. The van der Waals surface area contributed by atoms with Crippen LogP contribution < -0.4 is 10.6 Å². The van der Waals surface area contributed by atoms with Crippen LogP contribution in [0.25, 0.3) is 0 Å². The average molecular weight is 508 g/mol. The standard InChI is InChI=1S/C25H28Cl2FN3O3/c1-25(8-12-4-13(12)9-25)22(20-17(28)3-2-16(26)21(20)27)31-23(33)11-6-18(19(32)7-11)30-24(34)15-5-14(15)10-29/h2-3,11-15,18-19,22,32H,4-9H2,1H3,(H,30,34)(H,31,33)/t11-,12-,13+,14-,15-,18-,19+,22+,25+/m0/s1. The van der Waals surface area contributed by atoms with Crippen molar-refractivity contribution < 1.29 is 19.1 Å². The third kappa shape index (κ3) is 4.29. The van der Waals surface area contributed by atoms with E-state index in [1.54, 1.807) is 0 Å². The van der Waals surface area contributed by atoms with Crippen LogP contribution in [0.5, 0.6) is 0 Å². The van der Waals surface area contributed by atoms with Crippen LogP contribution in [0.2, 0.25) is 10.0 Å². The molecule has 182 valence electrons. The molecule has 0 unspecified atom stereocenters. The molecule has 9 atom stereocenters. The lowest BCUT2D eigenvalue weighted by molar-refractivity contribution is -0.127. The molecule has 34 heavy (non-hydrogen) atoms. The number of fused-ring (bicyclic) bond motifs is 1. The van der Waals surface area contributed by atoms with Gasteiger partial charge in [-0.15, -0.1) is 0 Å². The number of carbonyl (C=O) groups excluding carboxylic acids is 2. The summed E-state index contributed by atoms with van der Waals surface area (Å²) in [6.45, 7) is 2.06. The van der Waals surface area contributed by atoms with Gasteiger partial charge in [0.05, 0.1) is 46.1 Å². The second-order valence-electron chi connectivity index (χ2n) is 10.9. The Bertz CT molecular complexity index is 1070. The molecule has 5 rings (SSSR count). The van der Waals surface area contributed by atoms with E-state index in [-0.39, 0.29) is 57.5 Å². The van der Waals surface area contributed by atoms with Gasteiger partial charge in [-0.05, 0) is 67.9 Å². The van der Waals surface area contributed by atoms with Crippen molar-refractivity contribution in [2.24, 2.45) is 35.0 Å². The molecule has 0 saturated heterocycles. The second-order valence-corrected chi connectivity index (χ2v) is 11.7. The Morgan fingerprint density at radius 1 is 1.18 bits per heavy atom. The largest absolute Gasteiger partial charge is 0.391 e. The van der Waals surface area contributed by atoms with Gasteiger partial charge in [0.25, 0.3) is 0 Å². The highest BCUT2D eigenvalue weighted by molar-refractivity contribution is 6.42. The van der Waals surface area contributed by atoms with E-state index in [0.717, 1.165) is 12.8 Å². The maximum absolute atomic E-state index is 15.0. The molecule has 9 heteroatoms. The molecule has 0 aromatic heterocycles. The Morgan fingerprint density at radius 3 is 2.53 bits per heavy atom. The van der Waals surface area contributed by atoms with E-state index in [1.165, 1.54) is 18.6 Å². The highest BCUT2D eigenvalue weighted by atomic mass is 35.5. The van der Waals surface area contributed by atoms with Gasteiger partial charge in [0, 0.05) is 11.5 Å². The van der Waals surface area contributed by atoms with Gasteiger partial charge in [-0.1, -0.05) is 30.1 Å². The summed E-state index contributed by atoms with van der Waals surface area (Å²) in [5, 5.41) is 25.7. The molecule has 4 aliphatic carbocycles. The molecule has 0 heterocycles. The number of carbonyl (C=O) groups is 2. The Morgan fingerprint density at radius 2 is 1.88 bits per heavy atom. The van der Waals surface area contributed by atoms with Gasteiger partial charge in [0.2, 0.25) is 11.8 Å². The van der Waals surface area contributed by atoms with E-state index >= 15 is 4.39 Å². The van der Waals surface area contributed by atoms with Gasteiger partial charge < -0.3 is 15.7 Å². The molecule has 2 amide bonds. The first-order valence-electron chi connectivity index (χ1n) is 11.9. The zero-order valence-corrected chi connectivity index (χ0v) is 20.4. The summed E-state index contributed by atoms with van der Waals surface area (Å²) in [5.41, 5.74) is -0.146. The maximum Gasteiger partial charge on any atom is 0.224 e. The summed E-state index contributed by atoms with van der Waals surface area (Å²) in [6.07, 6.45) is 3.07. The number of nitrogens with zero attached hydrogens (tertiary/aromatic N) is 1. The molecule has 0 aliphatic heterocycles. The molecule has 0 radical (unpaired) electrons. The molecule has 3 N–H and O–H groups in total. The van der Waals surface area contributed by atoms with Crippen molar-refractivity contribution in [3.05, 3.63) is 33.6 Å². The summed E-state index contributed by atoms with van der Waals surface area (Å²) in [6, 6.07) is 3.57. The summed E-state index contributed by atoms with van der Waals surface area (Å²) in [4.78, 5) is 25.7. The normalized spacial score (nSPS) is 38.5. The van der Waals surface area contributed by atoms with Crippen molar-refractivity contribution in [3.8, 4) is 6.07 Å². The zero-order valence-electron chi connectivity index (χ0n) is 18.9. The first-order chi connectivity index (χ1) is 16.1.